The van der Waals surface area contributed by atoms with Crippen LogP contribution in [0, 0.1) is 0 Å². The van der Waals surface area contributed by atoms with Gasteiger partial charge in [-0.15, -0.1) is 0 Å². The van der Waals surface area contributed by atoms with Crippen molar-refractivity contribution in [1.82, 2.24) is 0 Å². The van der Waals surface area contributed by atoms with Crippen LogP contribution in [0.25, 0.3) is 0 Å². The number of alkyl halides is 1. The second kappa shape index (κ2) is 3.62. The molecule has 0 N–H and O–H groups in total. The Morgan fingerprint density at radius 1 is 1.50 bits per heavy atom. The van der Waals surface area contributed by atoms with Crippen molar-refractivity contribution < 1.29 is 14.3 Å². The number of methoxy groups -OCH3 is 1. The Labute approximate surface area is 103 Å². The van der Waals surface area contributed by atoms with Gasteiger partial charge < -0.3 is 9.47 Å². The van der Waals surface area contributed by atoms with Crippen molar-refractivity contribution in [2.45, 2.75) is 17.6 Å². The fourth-order valence-corrected chi connectivity index (χ4v) is 2.18. The van der Waals surface area contributed by atoms with Crippen molar-refractivity contribution in [3.8, 4) is 0 Å². The number of epoxide rings is 1. The number of hydrogen-bond acceptors (Lipinski definition) is 3. The number of hydrogen-bond donors (Lipinski definition) is 0. The first-order valence-corrected chi connectivity index (χ1v) is 5.43. The molecular formula is C11H10Cl2O3. The Hall–Kier alpha value is -0.770. The highest BCUT2D eigenvalue weighted by molar-refractivity contribution is 6.36. The van der Waals surface area contributed by atoms with Gasteiger partial charge in [-0.25, -0.2) is 4.79 Å². The lowest BCUT2D eigenvalue weighted by atomic mass is 9.97. The van der Waals surface area contributed by atoms with Gasteiger partial charge in [-0.1, -0.05) is 35.3 Å². The molecule has 0 bridgehead atoms. The molecule has 16 heavy (non-hydrogen) atoms. The predicted molar refractivity (Wildman–Crippen MR) is 60.5 cm³/mol. The van der Waals surface area contributed by atoms with E-state index in [1.165, 1.54) is 7.11 Å². The van der Waals surface area contributed by atoms with Crippen LogP contribution in [0.15, 0.2) is 24.3 Å². The van der Waals surface area contributed by atoms with Gasteiger partial charge in [0.2, 0.25) is 0 Å². The maximum absolute atomic E-state index is 11.5. The van der Waals surface area contributed by atoms with Gasteiger partial charge >= 0.3 is 5.97 Å². The first-order chi connectivity index (χ1) is 7.44. The molecule has 3 nitrogen and oxygen atoms in total. The molecule has 86 valence electrons. The maximum Gasteiger partial charge on any atom is 0.357 e. The largest absolute Gasteiger partial charge is 0.466 e. The van der Waals surface area contributed by atoms with E-state index in [4.69, 9.17) is 27.9 Å². The van der Waals surface area contributed by atoms with Gasteiger partial charge in [0.05, 0.1) is 7.11 Å². The first-order valence-electron chi connectivity index (χ1n) is 4.67. The average molecular weight is 261 g/mol. The number of rotatable bonds is 2. The molecule has 0 saturated carbocycles. The third kappa shape index (κ3) is 1.51. The summed E-state index contributed by atoms with van der Waals surface area (Å²) in [6, 6.07) is 7.04. The molecule has 1 aliphatic heterocycles. The van der Waals surface area contributed by atoms with Crippen LogP contribution in [-0.4, -0.2) is 18.1 Å². The van der Waals surface area contributed by atoms with Crippen molar-refractivity contribution in [1.29, 1.82) is 0 Å². The number of carbonyl (C=O) groups is 1. The molecule has 0 spiro atoms. The first kappa shape index (κ1) is 11.7. The van der Waals surface area contributed by atoms with Gasteiger partial charge in [-0.3, -0.25) is 0 Å². The van der Waals surface area contributed by atoms with Gasteiger partial charge in [0.15, 0.2) is 0 Å². The minimum Gasteiger partial charge on any atom is -0.466 e. The second-order valence-corrected chi connectivity index (χ2v) is 4.70. The molecule has 5 heteroatoms. The van der Waals surface area contributed by atoms with E-state index in [-0.39, 0.29) is 0 Å². The summed E-state index contributed by atoms with van der Waals surface area (Å²) in [5, 5.41) is -0.870. The molecule has 0 amide bonds. The maximum atomic E-state index is 11.5. The van der Waals surface area contributed by atoms with Crippen molar-refractivity contribution in [2.24, 2.45) is 0 Å². The fraction of sp³-hybridized carbons (Fsp3) is 0.364. The van der Waals surface area contributed by atoms with E-state index < -0.39 is 16.6 Å². The van der Waals surface area contributed by atoms with Crippen molar-refractivity contribution in [3.05, 3.63) is 34.9 Å². The summed E-state index contributed by atoms with van der Waals surface area (Å²) in [4.78, 5) is 11.5. The number of halogens is 2. The van der Waals surface area contributed by atoms with Crippen LogP contribution in [-0.2, 0) is 19.9 Å². The molecule has 0 aliphatic carbocycles. The third-order valence-corrected chi connectivity index (χ3v) is 3.57. The SMILES string of the molecule is COC(=O)C1(Cl)OC1(C)c1cccc(Cl)c1. The molecule has 1 heterocycles. The van der Waals surface area contributed by atoms with Gasteiger partial charge in [0, 0.05) is 5.02 Å². The number of carbonyl (C=O) groups excluding carboxylic acids is 1. The summed E-state index contributed by atoms with van der Waals surface area (Å²) in [5.41, 5.74) is -0.132. The summed E-state index contributed by atoms with van der Waals surface area (Å²) in [6.07, 6.45) is 0. The third-order valence-electron chi connectivity index (χ3n) is 2.74. The molecule has 1 aliphatic rings. The number of ether oxygens (including phenoxy) is 2. The van der Waals surface area contributed by atoms with Crippen LogP contribution in [0.3, 0.4) is 0 Å². The topological polar surface area (TPSA) is 38.8 Å². The lowest BCUT2D eigenvalue weighted by molar-refractivity contribution is -0.143. The summed E-state index contributed by atoms with van der Waals surface area (Å²) in [5.74, 6) is -0.600. The highest BCUT2D eigenvalue weighted by Crippen LogP contribution is 2.59. The second-order valence-electron chi connectivity index (χ2n) is 3.73. The van der Waals surface area contributed by atoms with E-state index in [9.17, 15) is 4.79 Å². The van der Waals surface area contributed by atoms with E-state index in [1.54, 1.807) is 31.2 Å². The average Bonchev–Trinajstić information content (AvgIpc) is 2.84. The van der Waals surface area contributed by atoms with Crippen LogP contribution >= 0.6 is 23.2 Å². The van der Waals surface area contributed by atoms with E-state index >= 15 is 0 Å². The minimum absolute atomic E-state index is 0.568. The normalized spacial score (nSPS) is 32.2. The van der Waals surface area contributed by atoms with Crippen molar-refractivity contribution in [3.63, 3.8) is 0 Å². The zero-order chi connectivity index (χ0) is 12.0. The van der Waals surface area contributed by atoms with Crippen molar-refractivity contribution >= 4 is 29.2 Å². The molecule has 1 aromatic carbocycles. The van der Waals surface area contributed by atoms with E-state index in [1.807, 2.05) is 0 Å². The highest BCUT2D eigenvalue weighted by atomic mass is 35.5. The molecule has 2 unspecified atom stereocenters. The minimum atomic E-state index is -1.44. The quantitative estimate of drug-likeness (QED) is 0.466. The summed E-state index contributed by atoms with van der Waals surface area (Å²) in [6.45, 7) is 1.72. The standard InChI is InChI=1S/C11H10Cl2O3/c1-10(7-4-3-5-8(12)6-7)11(13,16-10)9(14)15-2/h3-6H,1-2H3. The molecular weight excluding hydrogens is 251 g/mol. The summed E-state index contributed by atoms with van der Waals surface area (Å²) >= 11 is 11.9. The molecule has 0 radical (unpaired) electrons. The van der Waals surface area contributed by atoms with Crippen LogP contribution in [0.5, 0.6) is 0 Å². The highest BCUT2D eigenvalue weighted by Gasteiger charge is 2.73. The van der Waals surface area contributed by atoms with Crippen LogP contribution in [0.2, 0.25) is 5.02 Å². The Morgan fingerprint density at radius 2 is 2.19 bits per heavy atom. The molecule has 2 rings (SSSR count). The van der Waals surface area contributed by atoms with E-state index in [0.717, 1.165) is 5.56 Å². The molecule has 1 fully saturated rings. The van der Waals surface area contributed by atoms with E-state index in [2.05, 4.69) is 4.74 Å². The zero-order valence-electron chi connectivity index (χ0n) is 8.79. The van der Waals surface area contributed by atoms with Crippen LogP contribution in [0.1, 0.15) is 12.5 Å². The Morgan fingerprint density at radius 3 is 2.75 bits per heavy atom. The van der Waals surface area contributed by atoms with Gasteiger partial charge in [-0.05, 0) is 24.6 Å². The number of benzene rings is 1. The summed E-state index contributed by atoms with van der Waals surface area (Å²) < 4.78 is 9.91. The van der Waals surface area contributed by atoms with Gasteiger partial charge in [0.25, 0.3) is 5.06 Å². The Bertz CT molecular complexity index is 449. The molecule has 1 saturated heterocycles. The lowest BCUT2D eigenvalue weighted by Gasteiger charge is -2.09. The van der Waals surface area contributed by atoms with Gasteiger partial charge in [-0.2, -0.15) is 0 Å². The smallest absolute Gasteiger partial charge is 0.357 e. The van der Waals surface area contributed by atoms with Crippen molar-refractivity contribution in [2.75, 3.05) is 7.11 Å². The Balaban J connectivity index is 2.34. The Kier molecular flexibility index (Phi) is 2.65. The molecule has 0 aromatic heterocycles. The number of esters is 1. The van der Waals surface area contributed by atoms with Gasteiger partial charge in [0.1, 0.15) is 5.60 Å². The van der Waals surface area contributed by atoms with Crippen LogP contribution < -0.4 is 0 Å². The van der Waals surface area contributed by atoms with E-state index in [0.29, 0.717) is 5.02 Å². The summed E-state index contributed by atoms with van der Waals surface area (Å²) in [7, 11) is 1.27. The fourth-order valence-electron chi connectivity index (χ4n) is 1.65. The zero-order valence-corrected chi connectivity index (χ0v) is 10.3. The predicted octanol–water partition coefficient (Wildman–Crippen LogP) is 2.69. The molecule has 1 aromatic rings. The monoisotopic (exact) mass is 260 g/mol. The molecule has 2 atom stereocenters. The lowest BCUT2D eigenvalue weighted by Crippen LogP contribution is -2.26. The van der Waals surface area contributed by atoms with Crippen LogP contribution in [0.4, 0.5) is 0 Å².